The molecule has 0 aliphatic heterocycles. The summed E-state index contributed by atoms with van der Waals surface area (Å²) >= 11 is 12.2. The van der Waals surface area contributed by atoms with E-state index in [0.717, 1.165) is 4.57 Å². The molecule has 2 aromatic heterocycles. The Bertz CT molecular complexity index is 983. The molecule has 1 atom stereocenters. The lowest BCUT2D eigenvalue weighted by atomic mass is 10.1. The summed E-state index contributed by atoms with van der Waals surface area (Å²) in [6.07, 6.45) is -0.121. The smallest absolute Gasteiger partial charge is 0.320 e. The number of nitrogens with zero attached hydrogens (tertiary/aromatic N) is 3. The van der Waals surface area contributed by atoms with Crippen LogP contribution in [0.15, 0.2) is 30.3 Å². The Morgan fingerprint density at radius 3 is 2.63 bits per heavy atom. The topological polar surface area (TPSA) is 59.8 Å². The summed E-state index contributed by atoms with van der Waals surface area (Å²) in [6, 6.07) is 7.44. The second-order valence-corrected chi connectivity index (χ2v) is 6.85. The molecule has 0 aliphatic carbocycles. The lowest BCUT2D eigenvalue weighted by Gasteiger charge is -2.16. The lowest BCUT2D eigenvalue weighted by Crippen LogP contribution is -2.30. The number of benzene rings is 1. The fourth-order valence-electron chi connectivity index (χ4n) is 2.87. The number of pyridine rings is 1. The Hall–Kier alpha value is -2.25. The molecule has 9 heteroatoms. The van der Waals surface area contributed by atoms with E-state index >= 15 is 0 Å². The van der Waals surface area contributed by atoms with Gasteiger partial charge in [0.1, 0.15) is 11.0 Å². The zero-order valence-corrected chi connectivity index (χ0v) is 16.0. The van der Waals surface area contributed by atoms with Gasteiger partial charge in [-0.2, -0.15) is 8.78 Å². The van der Waals surface area contributed by atoms with Gasteiger partial charge in [0.25, 0.3) is 0 Å². The van der Waals surface area contributed by atoms with E-state index in [2.05, 4.69) is 15.3 Å². The van der Waals surface area contributed by atoms with Crippen LogP contribution < -0.4 is 5.32 Å². The number of fused-ring (bicyclic) bond motifs is 1. The summed E-state index contributed by atoms with van der Waals surface area (Å²) in [5.74, 6) is -0.358. The Morgan fingerprint density at radius 2 is 1.96 bits per heavy atom. The molecule has 142 valence electrons. The van der Waals surface area contributed by atoms with E-state index in [0.29, 0.717) is 27.3 Å². The molecule has 0 saturated carbocycles. The molecular weight excluding hydrogens is 397 g/mol. The Kier molecular flexibility index (Phi) is 5.62. The van der Waals surface area contributed by atoms with E-state index < -0.39 is 18.5 Å². The number of amides is 1. The quantitative estimate of drug-likeness (QED) is 0.608. The van der Waals surface area contributed by atoms with Crippen LogP contribution in [-0.4, -0.2) is 20.4 Å². The van der Waals surface area contributed by atoms with Gasteiger partial charge in [-0.25, -0.2) is 9.97 Å². The fourth-order valence-corrected chi connectivity index (χ4v) is 3.54. The van der Waals surface area contributed by atoms with Crippen LogP contribution >= 0.6 is 23.2 Å². The number of carbonyl (C=O) groups is 1. The maximum atomic E-state index is 13.5. The number of para-hydroxylation sites is 2. The molecular formula is C18H16Cl2F2N4O. The van der Waals surface area contributed by atoms with E-state index in [1.807, 2.05) is 0 Å². The lowest BCUT2D eigenvalue weighted by molar-refractivity contribution is -0.121. The first kappa shape index (κ1) is 19.5. The predicted molar refractivity (Wildman–Crippen MR) is 100 cm³/mol. The van der Waals surface area contributed by atoms with E-state index in [4.69, 9.17) is 23.2 Å². The molecule has 5 nitrogen and oxygen atoms in total. The maximum absolute atomic E-state index is 13.5. The highest BCUT2D eigenvalue weighted by Crippen LogP contribution is 2.27. The van der Waals surface area contributed by atoms with E-state index in [1.165, 1.54) is 0 Å². The first-order chi connectivity index (χ1) is 12.8. The molecule has 1 amide bonds. The first-order valence-electron chi connectivity index (χ1n) is 8.13. The summed E-state index contributed by atoms with van der Waals surface area (Å²) in [5, 5.41) is 3.14. The number of halogens is 4. The van der Waals surface area contributed by atoms with Crippen LogP contribution in [0.3, 0.4) is 0 Å². The highest BCUT2D eigenvalue weighted by atomic mass is 35.5. The van der Waals surface area contributed by atoms with Crippen molar-refractivity contribution >= 4 is 40.1 Å². The SMILES string of the molecule is Cc1cc(Cl)c(CC(=O)NC(C)c2nc3ccccc3n2C(F)F)c(Cl)n1. The largest absolute Gasteiger partial charge is 0.346 e. The van der Waals surface area contributed by atoms with Crippen molar-refractivity contribution in [1.82, 2.24) is 19.9 Å². The second kappa shape index (κ2) is 7.78. The number of hydrogen-bond donors (Lipinski definition) is 1. The Balaban J connectivity index is 1.84. The minimum Gasteiger partial charge on any atom is -0.346 e. The molecule has 1 unspecified atom stereocenters. The minimum atomic E-state index is -2.78. The molecule has 1 aromatic carbocycles. The molecule has 1 N–H and O–H groups in total. The molecule has 0 bridgehead atoms. The molecule has 3 rings (SSSR count). The van der Waals surface area contributed by atoms with Gasteiger partial charge in [-0.1, -0.05) is 35.3 Å². The van der Waals surface area contributed by atoms with Crippen molar-refractivity contribution in [3.63, 3.8) is 0 Å². The van der Waals surface area contributed by atoms with Crippen LogP contribution in [0.4, 0.5) is 8.78 Å². The molecule has 0 aliphatic rings. The number of imidazole rings is 1. The van der Waals surface area contributed by atoms with Crippen LogP contribution in [0.1, 0.15) is 36.6 Å². The second-order valence-electron chi connectivity index (χ2n) is 6.09. The Labute approximate surface area is 164 Å². The summed E-state index contributed by atoms with van der Waals surface area (Å²) in [6.45, 7) is 0.546. The molecule has 0 saturated heterocycles. The average Bonchev–Trinajstić information content (AvgIpc) is 2.98. The molecule has 0 fully saturated rings. The number of alkyl halides is 2. The van der Waals surface area contributed by atoms with Gasteiger partial charge < -0.3 is 5.32 Å². The number of hydrogen-bond acceptors (Lipinski definition) is 3. The van der Waals surface area contributed by atoms with E-state index in [1.54, 1.807) is 44.2 Å². The average molecular weight is 413 g/mol. The van der Waals surface area contributed by atoms with Crippen molar-refractivity contribution in [3.05, 3.63) is 57.6 Å². The van der Waals surface area contributed by atoms with Crippen molar-refractivity contribution in [2.45, 2.75) is 32.9 Å². The summed E-state index contributed by atoms with van der Waals surface area (Å²) in [5.41, 5.74) is 1.75. The van der Waals surface area contributed by atoms with Gasteiger partial charge in [0.2, 0.25) is 5.91 Å². The first-order valence-corrected chi connectivity index (χ1v) is 8.89. The van der Waals surface area contributed by atoms with Crippen molar-refractivity contribution < 1.29 is 13.6 Å². The van der Waals surface area contributed by atoms with Gasteiger partial charge in [-0.05, 0) is 32.0 Å². The van der Waals surface area contributed by atoms with Crippen molar-refractivity contribution in [2.24, 2.45) is 0 Å². The third-order valence-corrected chi connectivity index (χ3v) is 4.72. The number of aromatic nitrogens is 3. The molecule has 2 heterocycles. The molecule has 27 heavy (non-hydrogen) atoms. The summed E-state index contributed by atoms with van der Waals surface area (Å²) in [4.78, 5) is 20.7. The van der Waals surface area contributed by atoms with Gasteiger partial charge in [0, 0.05) is 16.3 Å². The standard InChI is InChI=1S/C18H16Cl2F2N4O/c1-9-7-12(19)11(16(20)23-9)8-15(27)24-10(2)17-25-13-5-3-4-6-14(13)26(17)18(21)22/h3-7,10,18H,8H2,1-2H3,(H,24,27). The number of carbonyl (C=O) groups excluding carboxylic acids is 1. The summed E-state index contributed by atoms with van der Waals surface area (Å²) < 4.78 is 27.9. The number of aryl methyl sites for hydroxylation is 1. The van der Waals surface area contributed by atoms with Crippen molar-refractivity contribution in [2.75, 3.05) is 0 Å². The highest BCUT2D eigenvalue weighted by Gasteiger charge is 2.23. The number of nitrogens with one attached hydrogen (secondary N) is 1. The molecule has 3 aromatic rings. The summed E-state index contributed by atoms with van der Waals surface area (Å²) in [7, 11) is 0. The predicted octanol–water partition coefficient (Wildman–Crippen LogP) is 4.86. The maximum Gasteiger partial charge on any atom is 0.320 e. The molecule has 0 radical (unpaired) electrons. The van der Waals surface area contributed by atoms with Gasteiger partial charge in [0.05, 0.1) is 23.5 Å². The van der Waals surface area contributed by atoms with Gasteiger partial charge >= 0.3 is 6.55 Å². The van der Waals surface area contributed by atoms with Crippen LogP contribution in [0.2, 0.25) is 10.2 Å². The van der Waals surface area contributed by atoms with E-state index in [9.17, 15) is 13.6 Å². The van der Waals surface area contributed by atoms with Crippen LogP contribution in [0.25, 0.3) is 11.0 Å². The zero-order valence-electron chi connectivity index (χ0n) is 14.5. The van der Waals surface area contributed by atoms with Gasteiger partial charge in [-0.15, -0.1) is 0 Å². The molecule has 0 spiro atoms. The third-order valence-electron chi connectivity index (χ3n) is 4.07. The van der Waals surface area contributed by atoms with Gasteiger partial charge in [0.15, 0.2) is 0 Å². The monoisotopic (exact) mass is 412 g/mol. The number of rotatable bonds is 5. The van der Waals surface area contributed by atoms with Gasteiger partial charge in [-0.3, -0.25) is 9.36 Å². The van der Waals surface area contributed by atoms with Crippen molar-refractivity contribution in [1.29, 1.82) is 0 Å². The van der Waals surface area contributed by atoms with Crippen molar-refractivity contribution in [3.8, 4) is 0 Å². The van der Waals surface area contributed by atoms with Crippen LogP contribution in [0, 0.1) is 6.92 Å². The van der Waals surface area contributed by atoms with Crippen LogP contribution in [-0.2, 0) is 11.2 Å². The zero-order chi connectivity index (χ0) is 19.7. The third kappa shape index (κ3) is 4.04. The Morgan fingerprint density at radius 1 is 1.26 bits per heavy atom. The van der Waals surface area contributed by atoms with Crippen LogP contribution in [0.5, 0.6) is 0 Å². The minimum absolute atomic E-state index is 0.0683. The normalized spacial score (nSPS) is 12.6. The highest BCUT2D eigenvalue weighted by molar-refractivity contribution is 6.35. The fraction of sp³-hybridized carbons (Fsp3) is 0.278. The van der Waals surface area contributed by atoms with E-state index in [-0.39, 0.29) is 17.4 Å².